The summed E-state index contributed by atoms with van der Waals surface area (Å²) in [7, 11) is 1.34. The fourth-order valence-corrected chi connectivity index (χ4v) is 4.61. The highest BCUT2D eigenvalue weighted by Crippen LogP contribution is 2.38. The van der Waals surface area contributed by atoms with E-state index < -0.39 is 5.97 Å². The highest BCUT2D eigenvalue weighted by atomic mass is 16.5. The molecule has 1 aromatic heterocycles. The van der Waals surface area contributed by atoms with Crippen LogP contribution in [0.5, 0.6) is 0 Å². The van der Waals surface area contributed by atoms with E-state index in [2.05, 4.69) is 4.57 Å². The zero-order chi connectivity index (χ0) is 23.7. The molecule has 5 heteroatoms. The molecule has 1 aliphatic heterocycles. The van der Waals surface area contributed by atoms with Crippen LogP contribution in [0.4, 0.5) is 0 Å². The van der Waals surface area contributed by atoms with E-state index in [4.69, 9.17) is 4.74 Å². The number of amides is 1. The minimum Gasteiger partial charge on any atom is -0.465 e. The lowest BCUT2D eigenvalue weighted by Crippen LogP contribution is -2.28. The second-order valence-electron chi connectivity index (χ2n) is 8.27. The van der Waals surface area contributed by atoms with E-state index in [1.807, 2.05) is 93.6 Å². The van der Waals surface area contributed by atoms with Gasteiger partial charge in [0.1, 0.15) is 0 Å². The summed E-state index contributed by atoms with van der Waals surface area (Å²) in [5.41, 5.74) is 6.26. The number of rotatable bonds is 5. The number of para-hydroxylation sites is 1. The van der Waals surface area contributed by atoms with Crippen molar-refractivity contribution in [1.29, 1.82) is 0 Å². The summed E-state index contributed by atoms with van der Waals surface area (Å²) < 4.78 is 7.20. The second-order valence-corrected chi connectivity index (χ2v) is 8.27. The molecule has 1 unspecified atom stereocenters. The van der Waals surface area contributed by atoms with Crippen LogP contribution in [0.15, 0.2) is 83.6 Å². The van der Waals surface area contributed by atoms with Crippen molar-refractivity contribution in [3.8, 4) is 5.69 Å². The molecular formula is C28H28N2O3. The molecule has 0 saturated heterocycles. The first-order valence-electron chi connectivity index (χ1n) is 11.0. The molecular weight excluding hydrogens is 412 g/mol. The van der Waals surface area contributed by atoms with Crippen LogP contribution in [0.25, 0.3) is 11.8 Å². The van der Waals surface area contributed by atoms with Gasteiger partial charge in [-0.1, -0.05) is 48.5 Å². The maximum absolute atomic E-state index is 13.6. The topological polar surface area (TPSA) is 51.5 Å². The minimum absolute atomic E-state index is 0.200. The van der Waals surface area contributed by atoms with Crippen LogP contribution in [0, 0.1) is 13.8 Å². The first kappa shape index (κ1) is 22.3. The van der Waals surface area contributed by atoms with Crippen LogP contribution < -0.4 is 0 Å². The van der Waals surface area contributed by atoms with Crippen molar-refractivity contribution in [3.05, 3.63) is 106 Å². The summed E-state index contributed by atoms with van der Waals surface area (Å²) in [6, 6.07) is 21.7. The SMILES string of the molecule is COC(=O)C1=C(C)N(C(C)c2ccccc2)C(=O)/C1=C\c1cc(C)n(-c2ccccc2)c1C. The predicted molar refractivity (Wildman–Crippen MR) is 130 cm³/mol. The molecule has 168 valence electrons. The van der Waals surface area contributed by atoms with Gasteiger partial charge in [0.15, 0.2) is 0 Å². The van der Waals surface area contributed by atoms with E-state index in [-0.39, 0.29) is 11.9 Å². The van der Waals surface area contributed by atoms with E-state index in [1.165, 1.54) is 7.11 Å². The Morgan fingerprint density at radius 2 is 1.58 bits per heavy atom. The normalized spacial score (nSPS) is 16.0. The maximum Gasteiger partial charge on any atom is 0.340 e. The molecule has 1 atom stereocenters. The predicted octanol–water partition coefficient (Wildman–Crippen LogP) is 5.53. The fourth-order valence-electron chi connectivity index (χ4n) is 4.61. The molecule has 2 heterocycles. The van der Waals surface area contributed by atoms with Gasteiger partial charge in [-0.3, -0.25) is 4.79 Å². The molecule has 0 aliphatic carbocycles. The standard InChI is InChI=1S/C28H28N2O3/c1-18-16-23(20(3)29(18)24-14-10-7-11-15-24)17-25-26(28(32)33-5)21(4)30(27(25)31)19(2)22-12-8-6-9-13-22/h6-17,19H,1-5H3/b25-17-. The number of ether oxygens (including phenoxy) is 1. The zero-order valence-corrected chi connectivity index (χ0v) is 19.6. The molecule has 1 aliphatic rings. The van der Waals surface area contributed by atoms with Crippen molar-refractivity contribution in [2.75, 3.05) is 7.11 Å². The number of methoxy groups -OCH3 is 1. The monoisotopic (exact) mass is 440 g/mol. The fraction of sp³-hybridized carbons (Fsp3) is 0.214. The number of allylic oxidation sites excluding steroid dienone is 1. The van der Waals surface area contributed by atoms with Crippen LogP contribution in [-0.2, 0) is 14.3 Å². The van der Waals surface area contributed by atoms with Crippen LogP contribution >= 0.6 is 0 Å². The third-order valence-electron chi connectivity index (χ3n) is 6.29. The Bertz CT molecular complexity index is 1270. The number of hydrogen-bond donors (Lipinski definition) is 0. The Morgan fingerprint density at radius 1 is 0.970 bits per heavy atom. The van der Waals surface area contributed by atoms with E-state index in [0.29, 0.717) is 16.8 Å². The Morgan fingerprint density at radius 3 is 2.18 bits per heavy atom. The van der Waals surface area contributed by atoms with Crippen LogP contribution in [0.1, 0.15) is 42.4 Å². The van der Waals surface area contributed by atoms with Gasteiger partial charge in [-0.15, -0.1) is 0 Å². The largest absolute Gasteiger partial charge is 0.465 e. The number of carbonyl (C=O) groups excluding carboxylic acids is 2. The van der Waals surface area contributed by atoms with Gasteiger partial charge in [-0.2, -0.15) is 0 Å². The molecule has 0 saturated carbocycles. The van der Waals surface area contributed by atoms with Crippen molar-refractivity contribution in [2.45, 2.75) is 33.7 Å². The van der Waals surface area contributed by atoms with E-state index in [1.54, 1.807) is 11.8 Å². The average Bonchev–Trinajstić information content (AvgIpc) is 3.25. The first-order valence-corrected chi connectivity index (χ1v) is 11.0. The van der Waals surface area contributed by atoms with Gasteiger partial charge < -0.3 is 14.2 Å². The van der Waals surface area contributed by atoms with Crippen LogP contribution in [0.2, 0.25) is 0 Å². The average molecular weight is 441 g/mol. The molecule has 5 nitrogen and oxygen atoms in total. The van der Waals surface area contributed by atoms with Crippen molar-refractivity contribution in [1.82, 2.24) is 9.47 Å². The van der Waals surface area contributed by atoms with Crippen molar-refractivity contribution < 1.29 is 14.3 Å². The Hall–Kier alpha value is -3.86. The van der Waals surface area contributed by atoms with Crippen LogP contribution in [0.3, 0.4) is 0 Å². The summed E-state index contributed by atoms with van der Waals surface area (Å²) in [5.74, 6) is -0.708. The zero-order valence-electron chi connectivity index (χ0n) is 19.6. The summed E-state index contributed by atoms with van der Waals surface area (Å²) in [6.07, 6.45) is 1.82. The van der Waals surface area contributed by atoms with Gasteiger partial charge in [-0.25, -0.2) is 4.79 Å². The third-order valence-corrected chi connectivity index (χ3v) is 6.29. The van der Waals surface area contributed by atoms with Gasteiger partial charge in [0.05, 0.1) is 24.3 Å². The Kier molecular flexibility index (Phi) is 6.05. The van der Waals surface area contributed by atoms with Gasteiger partial charge in [0, 0.05) is 22.8 Å². The lowest BCUT2D eigenvalue weighted by Gasteiger charge is -2.26. The van der Waals surface area contributed by atoms with Gasteiger partial charge in [0.2, 0.25) is 0 Å². The summed E-state index contributed by atoms with van der Waals surface area (Å²) >= 11 is 0. The number of nitrogens with zero attached hydrogens (tertiary/aromatic N) is 2. The highest BCUT2D eigenvalue weighted by Gasteiger charge is 2.39. The Labute approximate surface area is 194 Å². The third kappa shape index (κ3) is 3.91. The molecule has 3 aromatic rings. The highest BCUT2D eigenvalue weighted by molar-refractivity contribution is 6.16. The van der Waals surface area contributed by atoms with E-state index >= 15 is 0 Å². The molecule has 0 fully saturated rings. The Balaban J connectivity index is 1.82. The summed E-state index contributed by atoms with van der Waals surface area (Å²) in [4.78, 5) is 28.1. The van der Waals surface area contributed by atoms with E-state index in [0.717, 1.165) is 28.2 Å². The van der Waals surface area contributed by atoms with Gasteiger partial charge >= 0.3 is 5.97 Å². The van der Waals surface area contributed by atoms with Gasteiger partial charge in [-0.05, 0) is 63.1 Å². The van der Waals surface area contributed by atoms with Crippen molar-refractivity contribution in [3.63, 3.8) is 0 Å². The molecule has 33 heavy (non-hydrogen) atoms. The molecule has 0 bridgehead atoms. The van der Waals surface area contributed by atoms with Crippen LogP contribution in [-0.4, -0.2) is 28.5 Å². The second kappa shape index (κ2) is 8.94. The molecule has 1 amide bonds. The molecule has 0 spiro atoms. The number of hydrogen-bond acceptors (Lipinski definition) is 3. The minimum atomic E-state index is -0.508. The number of aryl methyl sites for hydroxylation is 1. The molecule has 4 rings (SSSR count). The maximum atomic E-state index is 13.6. The summed E-state index contributed by atoms with van der Waals surface area (Å²) in [5, 5.41) is 0. The molecule has 2 aromatic carbocycles. The quantitative estimate of drug-likeness (QED) is 0.387. The molecule has 0 N–H and O–H groups in total. The van der Waals surface area contributed by atoms with Gasteiger partial charge in [0.25, 0.3) is 5.91 Å². The smallest absolute Gasteiger partial charge is 0.340 e. The van der Waals surface area contributed by atoms with Crippen molar-refractivity contribution >= 4 is 18.0 Å². The number of aromatic nitrogens is 1. The first-order chi connectivity index (χ1) is 15.8. The number of esters is 1. The summed E-state index contributed by atoms with van der Waals surface area (Å²) in [6.45, 7) is 7.82. The lowest BCUT2D eigenvalue weighted by molar-refractivity contribution is -0.136. The number of benzene rings is 2. The lowest BCUT2D eigenvalue weighted by atomic mass is 10.0. The number of carbonyl (C=O) groups is 2. The van der Waals surface area contributed by atoms with Crippen molar-refractivity contribution in [2.24, 2.45) is 0 Å². The molecule has 0 radical (unpaired) electrons. The van der Waals surface area contributed by atoms with E-state index in [9.17, 15) is 9.59 Å².